The molecule has 190 valence electrons. The van der Waals surface area contributed by atoms with Crippen molar-refractivity contribution in [2.75, 3.05) is 0 Å². The van der Waals surface area contributed by atoms with Gasteiger partial charge in [-0.05, 0) is 124 Å². The normalized spacial score (nSPS) is 41.7. The molecule has 0 heteroatoms. The van der Waals surface area contributed by atoms with E-state index in [9.17, 15) is 0 Å². The summed E-state index contributed by atoms with van der Waals surface area (Å²) in [6.07, 6.45) is 25.4. The second-order valence-electron chi connectivity index (χ2n) is 13.7. The van der Waals surface area contributed by atoms with Gasteiger partial charge in [-0.15, -0.1) is 0 Å². The number of allylic oxidation sites excluding steroid dienone is 2. The van der Waals surface area contributed by atoms with Gasteiger partial charge >= 0.3 is 0 Å². The highest BCUT2D eigenvalue weighted by Crippen LogP contribution is 2.53. The van der Waals surface area contributed by atoms with E-state index in [2.05, 4.69) is 40.2 Å². The summed E-state index contributed by atoms with van der Waals surface area (Å²) in [6, 6.07) is 0. The predicted octanol–water partition coefficient (Wildman–Crippen LogP) is 10.6. The summed E-state index contributed by atoms with van der Waals surface area (Å²) in [5, 5.41) is 0. The van der Waals surface area contributed by atoms with Crippen molar-refractivity contribution < 1.29 is 0 Å². The maximum atomic E-state index is 2.58. The molecule has 4 rings (SSSR count). The first kappa shape index (κ1) is 25.8. The van der Waals surface area contributed by atoms with Crippen LogP contribution in [0.3, 0.4) is 0 Å². The fraction of sp³-hybridized carbons (Fsp3) is 0.939. The van der Waals surface area contributed by atoms with Crippen LogP contribution in [-0.2, 0) is 0 Å². The average molecular weight is 455 g/mol. The Kier molecular flexibility index (Phi) is 9.49. The Morgan fingerprint density at radius 2 is 1.45 bits per heavy atom. The van der Waals surface area contributed by atoms with E-state index < -0.39 is 0 Å². The molecule has 0 aromatic heterocycles. The van der Waals surface area contributed by atoms with Gasteiger partial charge in [-0.25, -0.2) is 0 Å². The molecule has 3 fully saturated rings. The zero-order valence-corrected chi connectivity index (χ0v) is 23.2. The van der Waals surface area contributed by atoms with Crippen molar-refractivity contribution in [3.63, 3.8) is 0 Å². The van der Waals surface area contributed by atoms with Crippen molar-refractivity contribution in [2.24, 2.45) is 53.3 Å². The smallest absolute Gasteiger partial charge is 0.0167 e. The Bertz CT molecular complexity index is 612. The highest BCUT2D eigenvalue weighted by molar-refractivity contribution is 5.25. The molecule has 0 saturated heterocycles. The van der Waals surface area contributed by atoms with E-state index in [1.807, 2.05) is 5.57 Å². The standard InChI is InChI=1S/C33H58/c1-6-8-26-12-16-28(17-13-26)31-20-18-29(25(5)7-2)22-33(31)32-21-24(4)11-19-30(32)27-14-9-23(3)10-15-27/h23-30,32H,6-22H2,1-5H3. The monoisotopic (exact) mass is 454 g/mol. The minimum Gasteiger partial charge on any atom is -0.0676 e. The molecule has 0 nitrogen and oxygen atoms in total. The second-order valence-corrected chi connectivity index (χ2v) is 13.7. The lowest BCUT2D eigenvalue weighted by Crippen LogP contribution is -2.36. The van der Waals surface area contributed by atoms with E-state index in [0.29, 0.717) is 0 Å². The Hall–Kier alpha value is -0.260. The molecule has 0 amide bonds. The third-order valence-electron chi connectivity index (χ3n) is 11.4. The molecule has 0 heterocycles. The van der Waals surface area contributed by atoms with E-state index in [4.69, 9.17) is 0 Å². The molecule has 5 unspecified atom stereocenters. The Balaban J connectivity index is 1.59. The minimum absolute atomic E-state index is 0.914. The minimum atomic E-state index is 0.914. The second kappa shape index (κ2) is 12.1. The molecule has 3 saturated carbocycles. The topological polar surface area (TPSA) is 0 Å². The van der Waals surface area contributed by atoms with Crippen LogP contribution in [0.15, 0.2) is 11.1 Å². The van der Waals surface area contributed by atoms with Gasteiger partial charge in [0.25, 0.3) is 0 Å². The molecule has 0 radical (unpaired) electrons. The van der Waals surface area contributed by atoms with Crippen molar-refractivity contribution in [2.45, 2.75) is 144 Å². The third kappa shape index (κ3) is 6.30. The molecular formula is C33H58. The largest absolute Gasteiger partial charge is 0.0676 e. The van der Waals surface area contributed by atoms with Crippen molar-refractivity contribution in [1.29, 1.82) is 0 Å². The van der Waals surface area contributed by atoms with E-state index >= 15 is 0 Å². The van der Waals surface area contributed by atoms with Gasteiger partial charge in [0.1, 0.15) is 0 Å². The molecule has 0 bridgehead atoms. The Morgan fingerprint density at radius 1 is 0.758 bits per heavy atom. The first-order chi connectivity index (χ1) is 16.0. The fourth-order valence-corrected chi connectivity index (χ4v) is 8.98. The van der Waals surface area contributed by atoms with Gasteiger partial charge in [-0.3, -0.25) is 0 Å². The van der Waals surface area contributed by atoms with Gasteiger partial charge in [0, 0.05) is 0 Å². The summed E-state index contributed by atoms with van der Waals surface area (Å²) in [6.45, 7) is 12.5. The highest BCUT2D eigenvalue weighted by atomic mass is 14.5. The van der Waals surface area contributed by atoms with Crippen LogP contribution in [0.1, 0.15) is 144 Å². The van der Waals surface area contributed by atoms with Crippen molar-refractivity contribution in [1.82, 2.24) is 0 Å². The van der Waals surface area contributed by atoms with E-state index in [-0.39, 0.29) is 0 Å². The summed E-state index contributed by atoms with van der Waals surface area (Å²) in [4.78, 5) is 0. The van der Waals surface area contributed by atoms with Gasteiger partial charge in [0.15, 0.2) is 0 Å². The van der Waals surface area contributed by atoms with Crippen molar-refractivity contribution in [3.8, 4) is 0 Å². The third-order valence-corrected chi connectivity index (χ3v) is 11.4. The predicted molar refractivity (Wildman–Crippen MR) is 145 cm³/mol. The number of hydrogen-bond donors (Lipinski definition) is 0. The van der Waals surface area contributed by atoms with E-state index in [1.54, 1.807) is 6.42 Å². The van der Waals surface area contributed by atoms with E-state index in [1.165, 1.54) is 103 Å². The van der Waals surface area contributed by atoms with Crippen LogP contribution in [0.5, 0.6) is 0 Å². The molecule has 0 aliphatic heterocycles. The average Bonchev–Trinajstić information content (AvgIpc) is 2.84. The van der Waals surface area contributed by atoms with Gasteiger partial charge in [0.2, 0.25) is 0 Å². The lowest BCUT2D eigenvalue weighted by Gasteiger charge is -2.47. The zero-order valence-electron chi connectivity index (χ0n) is 23.2. The van der Waals surface area contributed by atoms with Crippen LogP contribution >= 0.6 is 0 Å². The summed E-state index contributed by atoms with van der Waals surface area (Å²) >= 11 is 0. The summed E-state index contributed by atoms with van der Waals surface area (Å²) in [5.41, 5.74) is 4.11. The molecule has 0 aromatic rings. The summed E-state index contributed by atoms with van der Waals surface area (Å²) in [7, 11) is 0. The quantitative estimate of drug-likeness (QED) is 0.335. The van der Waals surface area contributed by atoms with Crippen molar-refractivity contribution >= 4 is 0 Å². The van der Waals surface area contributed by atoms with Crippen LogP contribution in [0.2, 0.25) is 0 Å². The Labute approximate surface area is 208 Å². The molecular weight excluding hydrogens is 396 g/mol. The van der Waals surface area contributed by atoms with Gasteiger partial charge < -0.3 is 0 Å². The summed E-state index contributed by atoms with van der Waals surface area (Å²) in [5.74, 6) is 8.82. The summed E-state index contributed by atoms with van der Waals surface area (Å²) < 4.78 is 0. The molecule has 0 aromatic carbocycles. The number of rotatable bonds is 7. The molecule has 5 atom stereocenters. The van der Waals surface area contributed by atoms with Gasteiger partial charge in [-0.2, -0.15) is 0 Å². The van der Waals surface area contributed by atoms with Crippen LogP contribution in [-0.4, -0.2) is 0 Å². The number of hydrogen-bond acceptors (Lipinski definition) is 0. The maximum absolute atomic E-state index is 2.58. The first-order valence-electron chi connectivity index (χ1n) is 15.7. The molecule has 0 spiro atoms. The zero-order chi connectivity index (χ0) is 23.4. The van der Waals surface area contributed by atoms with Crippen LogP contribution in [0.25, 0.3) is 0 Å². The highest BCUT2D eigenvalue weighted by Gasteiger charge is 2.41. The van der Waals surface area contributed by atoms with Crippen molar-refractivity contribution in [3.05, 3.63) is 11.1 Å². The van der Waals surface area contributed by atoms with Crippen LogP contribution < -0.4 is 0 Å². The lowest BCUT2D eigenvalue weighted by atomic mass is 9.58. The Morgan fingerprint density at radius 3 is 2.12 bits per heavy atom. The SMILES string of the molecule is CCCC1CCC(C2=C(C3CC(C)CCC3C3CCC(C)CC3)CC(C(C)CC)CC2)CC1. The molecule has 33 heavy (non-hydrogen) atoms. The fourth-order valence-electron chi connectivity index (χ4n) is 8.98. The molecule has 0 N–H and O–H groups in total. The first-order valence-corrected chi connectivity index (χ1v) is 15.7. The van der Waals surface area contributed by atoms with E-state index in [0.717, 1.165) is 53.3 Å². The lowest BCUT2D eigenvalue weighted by molar-refractivity contribution is 0.104. The maximum Gasteiger partial charge on any atom is -0.0167 e. The van der Waals surface area contributed by atoms with Gasteiger partial charge in [0.05, 0.1) is 0 Å². The van der Waals surface area contributed by atoms with Crippen LogP contribution in [0.4, 0.5) is 0 Å². The molecule has 4 aliphatic carbocycles. The van der Waals surface area contributed by atoms with Gasteiger partial charge in [-0.1, -0.05) is 84.3 Å². The molecule has 4 aliphatic rings. The van der Waals surface area contributed by atoms with Crippen LogP contribution in [0, 0.1) is 53.3 Å².